The molecule has 1 aromatic heterocycles. The van der Waals surface area contributed by atoms with Gasteiger partial charge >= 0.3 is 12.1 Å². The van der Waals surface area contributed by atoms with Crippen LogP contribution in [0.4, 0.5) is 13.2 Å². The maximum atomic E-state index is 12.3. The Morgan fingerprint density at radius 3 is 2.50 bits per heavy atom. The largest absolute Gasteiger partial charge is 0.490 e. The zero-order valence-corrected chi connectivity index (χ0v) is 16.1. The number of carboxylic acids is 1. The molecule has 7 nitrogen and oxygen atoms in total. The summed E-state index contributed by atoms with van der Waals surface area (Å²) in [4.78, 5) is 25.5. The number of hydrogen-bond donors (Lipinski definition) is 3. The zero-order chi connectivity index (χ0) is 22.1. The van der Waals surface area contributed by atoms with Gasteiger partial charge in [0.25, 0.3) is 0 Å². The molecule has 0 spiro atoms. The lowest BCUT2D eigenvalue weighted by atomic mass is 10.1. The second-order valence-corrected chi connectivity index (χ2v) is 6.54. The summed E-state index contributed by atoms with van der Waals surface area (Å²) in [5, 5.41) is 13.3. The molecule has 2 heterocycles. The smallest absolute Gasteiger partial charge is 0.489 e. The first kappa shape index (κ1) is 23.1. The van der Waals surface area contributed by atoms with Crippen molar-refractivity contribution < 1.29 is 32.6 Å². The molecule has 0 unspecified atom stereocenters. The Labute approximate surface area is 171 Å². The van der Waals surface area contributed by atoms with Crippen molar-refractivity contribution in [3.05, 3.63) is 59.9 Å². The lowest BCUT2D eigenvalue weighted by molar-refractivity contribution is -0.192. The summed E-state index contributed by atoms with van der Waals surface area (Å²) in [5.74, 6) is -1.92. The molecule has 0 saturated carbocycles. The van der Waals surface area contributed by atoms with Crippen LogP contribution in [0.1, 0.15) is 17.7 Å². The summed E-state index contributed by atoms with van der Waals surface area (Å²) in [5.41, 5.74) is 1.98. The van der Waals surface area contributed by atoms with Gasteiger partial charge in [0, 0.05) is 19.2 Å². The molecule has 0 bridgehead atoms. The van der Waals surface area contributed by atoms with Crippen LogP contribution in [-0.4, -0.2) is 46.8 Å². The van der Waals surface area contributed by atoms with Crippen molar-refractivity contribution in [3.63, 3.8) is 0 Å². The number of para-hydroxylation sites is 1. The van der Waals surface area contributed by atoms with E-state index >= 15 is 0 Å². The number of aryl methyl sites for hydroxylation is 1. The molecule has 30 heavy (non-hydrogen) atoms. The monoisotopic (exact) mass is 425 g/mol. The summed E-state index contributed by atoms with van der Waals surface area (Å²) in [7, 11) is 0. The van der Waals surface area contributed by atoms with Crippen LogP contribution in [0.3, 0.4) is 0 Å². The van der Waals surface area contributed by atoms with Gasteiger partial charge in [0.05, 0.1) is 18.3 Å². The molecule has 1 amide bonds. The van der Waals surface area contributed by atoms with E-state index in [1.807, 2.05) is 49.4 Å². The van der Waals surface area contributed by atoms with Crippen LogP contribution in [-0.2, 0) is 16.1 Å². The van der Waals surface area contributed by atoms with E-state index in [2.05, 4.69) is 15.6 Å². The molecule has 1 fully saturated rings. The number of carboxylic acid groups (broad SMARTS) is 1. The highest BCUT2D eigenvalue weighted by Gasteiger charge is 2.38. The number of benzene rings is 1. The van der Waals surface area contributed by atoms with E-state index in [0.29, 0.717) is 19.5 Å². The Kier molecular flexibility index (Phi) is 8.16. The number of halogens is 3. The number of ether oxygens (including phenoxy) is 1. The summed E-state index contributed by atoms with van der Waals surface area (Å²) in [6, 6.07) is 13.4. The molecule has 1 aromatic carbocycles. The van der Waals surface area contributed by atoms with E-state index < -0.39 is 12.1 Å². The summed E-state index contributed by atoms with van der Waals surface area (Å²) in [6.45, 7) is 3.12. The number of pyridine rings is 1. The van der Waals surface area contributed by atoms with Gasteiger partial charge in [-0.25, -0.2) is 4.79 Å². The van der Waals surface area contributed by atoms with E-state index in [1.165, 1.54) is 0 Å². The van der Waals surface area contributed by atoms with Crippen molar-refractivity contribution in [2.45, 2.75) is 38.2 Å². The van der Waals surface area contributed by atoms with Gasteiger partial charge in [-0.3, -0.25) is 9.78 Å². The van der Waals surface area contributed by atoms with E-state index in [1.54, 1.807) is 6.20 Å². The molecule has 0 aliphatic carbocycles. The fourth-order valence-electron chi connectivity index (χ4n) is 2.68. The van der Waals surface area contributed by atoms with Crippen molar-refractivity contribution in [3.8, 4) is 5.75 Å². The second-order valence-electron chi connectivity index (χ2n) is 6.54. The average molecular weight is 425 g/mol. The summed E-state index contributed by atoms with van der Waals surface area (Å²) >= 11 is 0. The molecule has 162 valence electrons. The first-order chi connectivity index (χ1) is 14.2. The van der Waals surface area contributed by atoms with Crippen LogP contribution in [0.15, 0.2) is 48.7 Å². The van der Waals surface area contributed by atoms with Crippen molar-refractivity contribution >= 4 is 11.9 Å². The first-order valence-electron chi connectivity index (χ1n) is 9.10. The zero-order valence-electron chi connectivity index (χ0n) is 16.1. The minimum absolute atomic E-state index is 0.00536. The molecule has 1 saturated heterocycles. The Hall–Kier alpha value is -3.14. The van der Waals surface area contributed by atoms with Gasteiger partial charge in [0.15, 0.2) is 0 Å². The van der Waals surface area contributed by atoms with Crippen LogP contribution < -0.4 is 15.4 Å². The molecule has 2 aromatic rings. The molecule has 3 N–H and O–H groups in total. The van der Waals surface area contributed by atoms with Crippen molar-refractivity contribution in [1.82, 2.24) is 15.6 Å². The predicted octanol–water partition coefficient (Wildman–Crippen LogP) is 2.45. The normalized spacial score (nSPS) is 18.1. The van der Waals surface area contributed by atoms with Crippen LogP contribution in [0.5, 0.6) is 5.75 Å². The molecular weight excluding hydrogens is 403 g/mol. The third-order valence-electron chi connectivity index (χ3n) is 4.24. The number of alkyl halides is 3. The SMILES string of the molecule is Cc1cccnc1CNC(=O)[C@@H]1C[C@H](Oc2ccccc2)CN1.O=C(O)C(F)(F)F. The van der Waals surface area contributed by atoms with Crippen LogP contribution >= 0.6 is 0 Å². The van der Waals surface area contributed by atoms with E-state index in [9.17, 15) is 18.0 Å². The quantitative estimate of drug-likeness (QED) is 0.681. The number of aliphatic carboxylic acids is 1. The Morgan fingerprint density at radius 2 is 1.90 bits per heavy atom. The topological polar surface area (TPSA) is 101 Å². The molecule has 3 rings (SSSR count). The van der Waals surface area contributed by atoms with Crippen LogP contribution in [0, 0.1) is 6.92 Å². The Balaban J connectivity index is 0.000000396. The minimum atomic E-state index is -5.08. The number of rotatable bonds is 5. The van der Waals surface area contributed by atoms with Gasteiger partial charge in [-0.1, -0.05) is 24.3 Å². The van der Waals surface area contributed by atoms with Gasteiger partial charge in [-0.2, -0.15) is 13.2 Å². The van der Waals surface area contributed by atoms with Gasteiger partial charge in [0.1, 0.15) is 11.9 Å². The van der Waals surface area contributed by atoms with Gasteiger partial charge in [-0.05, 0) is 30.7 Å². The number of amides is 1. The Bertz CT molecular complexity index is 847. The maximum absolute atomic E-state index is 12.3. The molecule has 1 aliphatic heterocycles. The summed E-state index contributed by atoms with van der Waals surface area (Å²) < 4.78 is 37.6. The highest BCUT2D eigenvalue weighted by molar-refractivity contribution is 5.82. The predicted molar refractivity (Wildman–Crippen MR) is 102 cm³/mol. The van der Waals surface area contributed by atoms with Crippen molar-refractivity contribution in [2.75, 3.05) is 6.54 Å². The van der Waals surface area contributed by atoms with E-state index in [0.717, 1.165) is 17.0 Å². The first-order valence-corrected chi connectivity index (χ1v) is 9.10. The van der Waals surface area contributed by atoms with Crippen LogP contribution in [0.2, 0.25) is 0 Å². The number of nitrogens with zero attached hydrogens (tertiary/aromatic N) is 1. The Morgan fingerprint density at radius 1 is 1.23 bits per heavy atom. The van der Waals surface area contributed by atoms with Crippen molar-refractivity contribution in [2.24, 2.45) is 0 Å². The third-order valence-corrected chi connectivity index (χ3v) is 4.24. The highest BCUT2D eigenvalue weighted by atomic mass is 19.4. The molecule has 10 heteroatoms. The van der Waals surface area contributed by atoms with Gasteiger partial charge in [-0.15, -0.1) is 0 Å². The lowest BCUT2D eigenvalue weighted by Crippen LogP contribution is -2.40. The highest BCUT2D eigenvalue weighted by Crippen LogP contribution is 2.17. The summed E-state index contributed by atoms with van der Waals surface area (Å²) in [6.07, 6.45) is -2.65. The van der Waals surface area contributed by atoms with Crippen molar-refractivity contribution in [1.29, 1.82) is 0 Å². The molecular formula is C20H22F3N3O4. The molecule has 1 aliphatic rings. The fraction of sp³-hybridized carbons (Fsp3) is 0.350. The van der Waals surface area contributed by atoms with Gasteiger partial charge in [0.2, 0.25) is 5.91 Å². The number of hydrogen-bond acceptors (Lipinski definition) is 5. The van der Waals surface area contributed by atoms with E-state index in [-0.39, 0.29) is 18.1 Å². The maximum Gasteiger partial charge on any atom is 0.490 e. The number of nitrogens with one attached hydrogen (secondary N) is 2. The average Bonchev–Trinajstić information content (AvgIpc) is 3.16. The van der Waals surface area contributed by atoms with Gasteiger partial charge < -0.3 is 20.5 Å². The third kappa shape index (κ3) is 7.36. The standard InChI is InChI=1S/C18H21N3O2.C2HF3O2/c1-13-6-5-9-19-17(13)12-21-18(22)16-10-15(11-20-16)23-14-7-3-2-4-8-14;3-2(4,5)1(6)7/h2-9,15-16,20H,10-12H2,1H3,(H,21,22);(H,6,7)/t15-,16-;/m0./s1. The van der Waals surface area contributed by atoms with E-state index in [4.69, 9.17) is 14.6 Å². The number of carbonyl (C=O) groups excluding carboxylic acids is 1. The molecule has 2 atom stereocenters. The second kappa shape index (κ2) is 10.6. The minimum Gasteiger partial charge on any atom is -0.489 e. The molecule has 0 radical (unpaired) electrons. The lowest BCUT2D eigenvalue weighted by Gasteiger charge is -2.13. The fourth-order valence-corrected chi connectivity index (χ4v) is 2.68. The number of aromatic nitrogens is 1. The van der Waals surface area contributed by atoms with Crippen LogP contribution in [0.25, 0.3) is 0 Å². The number of carbonyl (C=O) groups is 2.